The zero-order chi connectivity index (χ0) is 17.1. The van der Waals surface area contributed by atoms with Gasteiger partial charge in [0.1, 0.15) is 12.1 Å². The summed E-state index contributed by atoms with van der Waals surface area (Å²) in [6.07, 6.45) is -0.229. The van der Waals surface area contributed by atoms with Crippen LogP contribution in [-0.4, -0.2) is 59.8 Å². The van der Waals surface area contributed by atoms with Crippen molar-refractivity contribution in [3.05, 3.63) is 0 Å². The van der Waals surface area contributed by atoms with Gasteiger partial charge < -0.3 is 25.6 Å². The van der Waals surface area contributed by atoms with Crippen LogP contribution in [0.5, 0.6) is 0 Å². The monoisotopic (exact) mass is 336 g/mol. The van der Waals surface area contributed by atoms with Crippen LogP contribution in [0.25, 0.3) is 0 Å². The number of rotatable bonds is 9. The molecule has 0 aliphatic heterocycles. The average molecular weight is 336 g/mol. The maximum atomic E-state index is 11.7. The largest absolute Gasteiger partial charge is 0.480 e. The van der Waals surface area contributed by atoms with Crippen LogP contribution in [0, 0.1) is 0 Å². The third-order valence-electron chi connectivity index (χ3n) is 2.44. The van der Waals surface area contributed by atoms with E-state index in [-0.39, 0.29) is 25.2 Å². The summed E-state index contributed by atoms with van der Waals surface area (Å²) in [7, 11) is 1.20. The third-order valence-corrected chi connectivity index (χ3v) is 3.34. The average Bonchev–Trinajstić information content (AvgIpc) is 2.48. The lowest BCUT2D eigenvalue weighted by molar-refractivity contribution is -0.147. The van der Waals surface area contributed by atoms with Crippen molar-refractivity contribution in [1.29, 1.82) is 0 Å². The third kappa shape index (κ3) is 8.47. The van der Waals surface area contributed by atoms with Crippen LogP contribution in [0.15, 0.2) is 0 Å². The highest BCUT2D eigenvalue weighted by molar-refractivity contribution is 8.13. The number of amides is 1. The number of aliphatic carboxylic acids is 1. The first-order valence-corrected chi connectivity index (χ1v) is 7.45. The van der Waals surface area contributed by atoms with E-state index < -0.39 is 35.2 Å². The van der Waals surface area contributed by atoms with Crippen LogP contribution in [0.3, 0.4) is 0 Å². The zero-order valence-electron chi connectivity index (χ0n) is 12.4. The van der Waals surface area contributed by atoms with Gasteiger partial charge in [-0.1, -0.05) is 0 Å². The van der Waals surface area contributed by atoms with Crippen molar-refractivity contribution >= 4 is 34.9 Å². The van der Waals surface area contributed by atoms with Crippen molar-refractivity contribution in [2.45, 2.75) is 31.8 Å². The Hall–Kier alpha value is -1.81. The number of carbonyl (C=O) groups is 4. The molecule has 0 aromatic heterocycles. The second-order valence-electron chi connectivity index (χ2n) is 4.12. The van der Waals surface area contributed by atoms with Crippen molar-refractivity contribution in [3.8, 4) is 0 Å². The SMILES string of the molecule is CCOC(=O)[C@H](CSC(=O)OC)NC(=O)CC[C@H](N)C(=O)O. The Balaban J connectivity index is 4.48. The summed E-state index contributed by atoms with van der Waals surface area (Å²) >= 11 is 0.714. The van der Waals surface area contributed by atoms with Crippen LogP contribution in [0.1, 0.15) is 19.8 Å². The highest BCUT2D eigenvalue weighted by Gasteiger charge is 2.24. The molecule has 0 aromatic rings. The number of esters is 1. The first kappa shape index (κ1) is 20.2. The van der Waals surface area contributed by atoms with Crippen LogP contribution < -0.4 is 11.1 Å². The molecule has 0 saturated heterocycles. The van der Waals surface area contributed by atoms with Gasteiger partial charge >= 0.3 is 17.2 Å². The van der Waals surface area contributed by atoms with Gasteiger partial charge in [0.05, 0.1) is 13.7 Å². The molecule has 1 amide bonds. The molecule has 0 saturated carbocycles. The number of ether oxygens (including phenoxy) is 2. The summed E-state index contributed by atoms with van der Waals surface area (Å²) in [4.78, 5) is 45.0. The van der Waals surface area contributed by atoms with Crippen LogP contribution in [-0.2, 0) is 23.9 Å². The second kappa shape index (κ2) is 10.9. The van der Waals surface area contributed by atoms with Gasteiger partial charge in [0.15, 0.2) is 0 Å². The van der Waals surface area contributed by atoms with Gasteiger partial charge in [-0.3, -0.25) is 9.59 Å². The predicted molar refractivity (Wildman–Crippen MR) is 78.3 cm³/mol. The normalized spacial score (nSPS) is 12.9. The number of thioether (sulfide) groups is 1. The molecule has 0 heterocycles. The van der Waals surface area contributed by atoms with Crippen molar-refractivity contribution < 1.29 is 33.8 Å². The molecule has 0 bridgehead atoms. The lowest BCUT2D eigenvalue weighted by Gasteiger charge is -2.16. The lowest BCUT2D eigenvalue weighted by atomic mass is 10.1. The Morgan fingerprint density at radius 1 is 1.32 bits per heavy atom. The van der Waals surface area contributed by atoms with Gasteiger partial charge in [-0.2, -0.15) is 0 Å². The molecular weight excluding hydrogens is 316 g/mol. The standard InChI is InChI=1S/C12H20N2O7S/c1-3-21-11(18)8(6-22-12(19)20-2)14-9(15)5-4-7(13)10(16)17/h7-8H,3-6,13H2,1-2H3,(H,14,15)(H,16,17)/t7-,8-/m0/s1. The van der Waals surface area contributed by atoms with Gasteiger partial charge in [0.25, 0.3) is 0 Å². The van der Waals surface area contributed by atoms with Crippen LogP contribution in [0.4, 0.5) is 4.79 Å². The summed E-state index contributed by atoms with van der Waals surface area (Å²) < 4.78 is 9.22. The predicted octanol–water partition coefficient (Wildman–Crippen LogP) is -0.274. The van der Waals surface area contributed by atoms with Crippen LogP contribution in [0.2, 0.25) is 0 Å². The molecule has 0 radical (unpaired) electrons. The number of nitrogens with two attached hydrogens (primary N) is 1. The molecule has 2 atom stereocenters. The minimum Gasteiger partial charge on any atom is -0.480 e. The summed E-state index contributed by atoms with van der Waals surface area (Å²) in [5, 5.41) is 10.4. The Morgan fingerprint density at radius 3 is 2.45 bits per heavy atom. The van der Waals surface area contributed by atoms with E-state index in [0.29, 0.717) is 11.8 Å². The molecule has 126 valence electrons. The zero-order valence-corrected chi connectivity index (χ0v) is 13.2. The van der Waals surface area contributed by atoms with E-state index in [1.165, 1.54) is 7.11 Å². The summed E-state index contributed by atoms with van der Waals surface area (Å²) in [5.41, 5.74) is 5.28. The fourth-order valence-corrected chi connectivity index (χ4v) is 1.94. The number of hydrogen-bond donors (Lipinski definition) is 3. The number of methoxy groups -OCH3 is 1. The number of carboxylic acid groups (broad SMARTS) is 1. The minimum absolute atomic E-state index is 0.0533. The number of hydrogen-bond acceptors (Lipinski definition) is 8. The lowest BCUT2D eigenvalue weighted by Crippen LogP contribution is -2.44. The Bertz CT molecular complexity index is 416. The first-order chi connectivity index (χ1) is 10.3. The maximum absolute atomic E-state index is 11.7. The summed E-state index contributed by atoms with van der Waals surface area (Å²) in [5.74, 6) is -2.51. The van der Waals surface area contributed by atoms with Gasteiger partial charge in [0, 0.05) is 12.2 Å². The van der Waals surface area contributed by atoms with E-state index in [0.717, 1.165) is 0 Å². The van der Waals surface area contributed by atoms with E-state index in [4.69, 9.17) is 15.6 Å². The summed E-state index contributed by atoms with van der Waals surface area (Å²) in [6, 6.07) is -2.19. The molecule has 0 aliphatic carbocycles. The highest BCUT2D eigenvalue weighted by Crippen LogP contribution is 2.08. The van der Waals surface area contributed by atoms with Crippen molar-refractivity contribution in [2.24, 2.45) is 5.73 Å². The van der Waals surface area contributed by atoms with Gasteiger partial charge in [-0.05, 0) is 25.1 Å². The van der Waals surface area contributed by atoms with Gasteiger partial charge in [-0.25, -0.2) is 9.59 Å². The first-order valence-electron chi connectivity index (χ1n) is 6.46. The molecule has 22 heavy (non-hydrogen) atoms. The van der Waals surface area contributed by atoms with Crippen molar-refractivity contribution in [2.75, 3.05) is 19.5 Å². The smallest absolute Gasteiger partial charge is 0.367 e. The Kier molecular flexibility index (Phi) is 9.96. The number of carbonyl (C=O) groups excluding carboxylic acids is 3. The fourth-order valence-electron chi connectivity index (χ4n) is 1.30. The molecule has 4 N–H and O–H groups in total. The minimum atomic E-state index is -1.21. The van der Waals surface area contributed by atoms with E-state index >= 15 is 0 Å². The van der Waals surface area contributed by atoms with Gasteiger partial charge in [-0.15, -0.1) is 0 Å². The van der Waals surface area contributed by atoms with E-state index in [9.17, 15) is 19.2 Å². The highest BCUT2D eigenvalue weighted by atomic mass is 32.2. The molecular formula is C12H20N2O7S. The van der Waals surface area contributed by atoms with E-state index in [1.807, 2.05) is 0 Å². The molecule has 0 spiro atoms. The Morgan fingerprint density at radius 2 is 1.95 bits per heavy atom. The molecule has 0 aliphatic rings. The number of carboxylic acids is 1. The molecule has 0 aromatic carbocycles. The molecule has 10 heteroatoms. The van der Waals surface area contributed by atoms with Crippen molar-refractivity contribution in [1.82, 2.24) is 5.32 Å². The van der Waals surface area contributed by atoms with E-state index in [2.05, 4.69) is 10.1 Å². The fraction of sp³-hybridized carbons (Fsp3) is 0.667. The van der Waals surface area contributed by atoms with Crippen molar-refractivity contribution in [3.63, 3.8) is 0 Å². The molecule has 0 unspecified atom stereocenters. The van der Waals surface area contributed by atoms with Crippen LogP contribution >= 0.6 is 11.8 Å². The van der Waals surface area contributed by atoms with Gasteiger partial charge in [0.2, 0.25) is 5.91 Å². The summed E-state index contributed by atoms with van der Waals surface area (Å²) in [6.45, 7) is 1.73. The van der Waals surface area contributed by atoms with E-state index in [1.54, 1.807) is 6.92 Å². The molecule has 9 nitrogen and oxygen atoms in total. The second-order valence-corrected chi connectivity index (χ2v) is 5.08. The Labute approximate surface area is 131 Å². The molecule has 0 rings (SSSR count). The number of nitrogens with one attached hydrogen (secondary N) is 1. The maximum Gasteiger partial charge on any atom is 0.367 e. The topological polar surface area (TPSA) is 145 Å². The molecule has 0 fully saturated rings. The quantitative estimate of drug-likeness (QED) is 0.484.